The van der Waals surface area contributed by atoms with Crippen LogP contribution in [0.3, 0.4) is 0 Å². The van der Waals surface area contributed by atoms with Gasteiger partial charge in [-0.15, -0.1) is 13.2 Å². The Labute approximate surface area is 205 Å². The molecule has 0 spiro atoms. The molecule has 10 heteroatoms. The molecule has 1 heterocycles. The van der Waals surface area contributed by atoms with Crippen LogP contribution in [-0.2, 0) is 9.53 Å². The van der Waals surface area contributed by atoms with E-state index >= 15 is 0 Å². The Kier molecular flexibility index (Phi) is 7.66. The van der Waals surface area contributed by atoms with Gasteiger partial charge in [0.25, 0.3) is 0 Å². The molecule has 0 atom stereocenters. The standard InChI is InChI=1S/C26H25F3O7/c1-15(2)23(30)34-14-25(3,4)13-33-18-7-6-16-10-20(24(31)35-21(16)12-18)19-9-8-17(32-5)11-22(19)36-26(27,28)29/h6-12H,1,13-14H2,2-5H3. The van der Waals surface area contributed by atoms with Crippen LogP contribution in [0.4, 0.5) is 13.2 Å². The Bertz CT molecular complexity index is 1340. The van der Waals surface area contributed by atoms with Crippen molar-refractivity contribution in [3.05, 3.63) is 65.0 Å². The lowest BCUT2D eigenvalue weighted by Gasteiger charge is -2.24. The number of alkyl halides is 3. The number of rotatable bonds is 9. The van der Waals surface area contributed by atoms with E-state index in [-0.39, 0.29) is 35.7 Å². The topological polar surface area (TPSA) is 84.2 Å². The quantitative estimate of drug-likeness (QED) is 0.203. The van der Waals surface area contributed by atoms with Crippen molar-refractivity contribution in [3.8, 4) is 28.4 Å². The summed E-state index contributed by atoms with van der Waals surface area (Å²) in [6, 6.07) is 9.89. The number of ether oxygens (including phenoxy) is 4. The van der Waals surface area contributed by atoms with Gasteiger partial charge in [-0.05, 0) is 37.3 Å². The first-order valence-electron chi connectivity index (χ1n) is 10.8. The fraction of sp³-hybridized carbons (Fsp3) is 0.308. The summed E-state index contributed by atoms with van der Waals surface area (Å²) in [7, 11) is 1.30. The average Bonchev–Trinajstić information content (AvgIpc) is 2.79. The van der Waals surface area contributed by atoms with Crippen LogP contribution in [0.1, 0.15) is 20.8 Å². The highest BCUT2D eigenvalue weighted by Gasteiger charge is 2.33. The summed E-state index contributed by atoms with van der Waals surface area (Å²) >= 11 is 0. The molecular weight excluding hydrogens is 481 g/mol. The minimum absolute atomic E-state index is 0.102. The summed E-state index contributed by atoms with van der Waals surface area (Å²) in [5.74, 6) is -0.569. The van der Waals surface area contributed by atoms with E-state index in [1.165, 1.54) is 31.4 Å². The number of halogens is 3. The number of hydrogen-bond donors (Lipinski definition) is 0. The smallest absolute Gasteiger partial charge is 0.497 e. The maximum atomic E-state index is 12.9. The Hall–Kier alpha value is -3.95. The van der Waals surface area contributed by atoms with Gasteiger partial charge < -0.3 is 23.4 Å². The van der Waals surface area contributed by atoms with E-state index in [0.29, 0.717) is 16.7 Å². The van der Waals surface area contributed by atoms with Gasteiger partial charge in [0.05, 0.1) is 25.9 Å². The van der Waals surface area contributed by atoms with Crippen molar-refractivity contribution in [2.75, 3.05) is 20.3 Å². The van der Waals surface area contributed by atoms with Crippen LogP contribution in [0.15, 0.2) is 63.8 Å². The van der Waals surface area contributed by atoms with Gasteiger partial charge in [0, 0.05) is 34.1 Å². The molecule has 192 valence electrons. The third-order valence-electron chi connectivity index (χ3n) is 4.98. The van der Waals surface area contributed by atoms with Gasteiger partial charge in [0.15, 0.2) is 0 Å². The molecule has 3 aromatic rings. The highest BCUT2D eigenvalue weighted by molar-refractivity contribution is 5.87. The van der Waals surface area contributed by atoms with E-state index in [9.17, 15) is 22.8 Å². The van der Waals surface area contributed by atoms with Crippen LogP contribution >= 0.6 is 0 Å². The fourth-order valence-corrected chi connectivity index (χ4v) is 3.13. The zero-order valence-corrected chi connectivity index (χ0v) is 20.2. The van der Waals surface area contributed by atoms with E-state index in [0.717, 1.165) is 6.07 Å². The Morgan fingerprint density at radius 2 is 1.69 bits per heavy atom. The molecule has 1 aromatic heterocycles. The summed E-state index contributed by atoms with van der Waals surface area (Å²) in [6.45, 7) is 9.08. The Morgan fingerprint density at radius 3 is 2.33 bits per heavy atom. The van der Waals surface area contributed by atoms with Gasteiger partial charge in [-0.25, -0.2) is 9.59 Å². The van der Waals surface area contributed by atoms with Crippen molar-refractivity contribution >= 4 is 16.9 Å². The first-order valence-corrected chi connectivity index (χ1v) is 10.8. The largest absolute Gasteiger partial charge is 0.573 e. The van der Waals surface area contributed by atoms with Crippen LogP contribution in [-0.4, -0.2) is 32.7 Å². The first kappa shape index (κ1) is 26.7. The van der Waals surface area contributed by atoms with Gasteiger partial charge in [-0.1, -0.05) is 20.4 Å². The average molecular weight is 506 g/mol. The molecule has 0 saturated carbocycles. The Morgan fingerprint density at radius 1 is 1.00 bits per heavy atom. The van der Waals surface area contributed by atoms with Crippen LogP contribution in [0.25, 0.3) is 22.1 Å². The molecule has 0 radical (unpaired) electrons. The number of benzene rings is 2. The molecule has 7 nitrogen and oxygen atoms in total. The number of fused-ring (bicyclic) bond motifs is 1. The maximum Gasteiger partial charge on any atom is 0.573 e. The first-order chi connectivity index (χ1) is 16.8. The van der Waals surface area contributed by atoms with Crippen molar-refractivity contribution in [1.29, 1.82) is 0 Å². The minimum Gasteiger partial charge on any atom is -0.497 e. The molecule has 2 aromatic carbocycles. The van der Waals surface area contributed by atoms with Gasteiger partial charge in [-0.3, -0.25) is 0 Å². The normalized spacial score (nSPS) is 11.8. The zero-order valence-electron chi connectivity index (χ0n) is 20.2. The number of carbonyl (C=O) groups excluding carboxylic acids is 1. The second-order valence-corrected chi connectivity index (χ2v) is 8.87. The Balaban J connectivity index is 1.86. The number of esters is 1. The fourth-order valence-electron chi connectivity index (χ4n) is 3.13. The molecule has 0 N–H and O–H groups in total. The third kappa shape index (κ3) is 6.80. The third-order valence-corrected chi connectivity index (χ3v) is 4.98. The van der Waals surface area contributed by atoms with Gasteiger partial charge in [0.2, 0.25) is 0 Å². The number of hydrogen-bond acceptors (Lipinski definition) is 7. The zero-order chi connectivity index (χ0) is 26.7. The molecule has 0 amide bonds. The van der Waals surface area contributed by atoms with Crippen LogP contribution < -0.4 is 19.8 Å². The molecule has 0 aliphatic rings. The summed E-state index contributed by atoms with van der Waals surface area (Å²) in [5, 5.41) is 0.459. The molecule has 3 rings (SSSR count). The van der Waals surface area contributed by atoms with Crippen molar-refractivity contribution in [3.63, 3.8) is 0 Å². The van der Waals surface area contributed by atoms with Crippen LogP contribution in [0.2, 0.25) is 0 Å². The van der Waals surface area contributed by atoms with E-state index in [1.807, 2.05) is 13.8 Å². The summed E-state index contributed by atoms with van der Waals surface area (Å²) < 4.78 is 64.3. The molecule has 0 fully saturated rings. The van der Waals surface area contributed by atoms with E-state index in [1.54, 1.807) is 19.1 Å². The van der Waals surface area contributed by atoms with Gasteiger partial charge >= 0.3 is 18.0 Å². The number of carbonyl (C=O) groups is 1. The summed E-state index contributed by atoms with van der Waals surface area (Å²) in [5.41, 5.74) is -1.12. The van der Waals surface area contributed by atoms with Crippen molar-refractivity contribution in [2.45, 2.75) is 27.1 Å². The van der Waals surface area contributed by atoms with Gasteiger partial charge in [-0.2, -0.15) is 0 Å². The molecule has 0 bridgehead atoms. The molecule has 0 aliphatic heterocycles. The van der Waals surface area contributed by atoms with Crippen molar-refractivity contribution in [1.82, 2.24) is 0 Å². The molecule has 0 unspecified atom stereocenters. The van der Waals surface area contributed by atoms with Crippen molar-refractivity contribution < 1.29 is 41.3 Å². The van der Waals surface area contributed by atoms with Crippen LogP contribution in [0, 0.1) is 5.41 Å². The molecule has 0 aliphatic carbocycles. The highest BCUT2D eigenvalue weighted by atomic mass is 19.4. The predicted octanol–water partition coefficient (Wildman–Crippen LogP) is 5.89. The van der Waals surface area contributed by atoms with E-state index < -0.39 is 29.1 Å². The number of methoxy groups -OCH3 is 1. The minimum atomic E-state index is -4.97. The molecule has 0 saturated heterocycles. The monoisotopic (exact) mass is 506 g/mol. The predicted molar refractivity (Wildman–Crippen MR) is 126 cm³/mol. The second kappa shape index (κ2) is 10.3. The van der Waals surface area contributed by atoms with E-state index in [4.69, 9.17) is 18.6 Å². The van der Waals surface area contributed by atoms with Crippen LogP contribution in [0.5, 0.6) is 17.2 Å². The lowest BCUT2D eigenvalue weighted by molar-refractivity contribution is -0.274. The summed E-state index contributed by atoms with van der Waals surface area (Å²) in [4.78, 5) is 24.3. The highest BCUT2D eigenvalue weighted by Crippen LogP contribution is 2.36. The lowest BCUT2D eigenvalue weighted by atomic mass is 9.96. The van der Waals surface area contributed by atoms with E-state index in [2.05, 4.69) is 11.3 Å². The second-order valence-electron chi connectivity index (χ2n) is 8.87. The van der Waals surface area contributed by atoms with Gasteiger partial charge in [0.1, 0.15) is 22.8 Å². The molecule has 36 heavy (non-hydrogen) atoms. The lowest BCUT2D eigenvalue weighted by Crippen LogP contribution is -2.28. The maximum absolute atomic E-state index is 12.9. The SMILES string of the molecule is C=C(C)C(=O)OCC(C)(C)COc1ccc2cc(-c3ccc(OC)cc3OC(F)(F)F)c(=O)oc2c1. The summed E-state index contributed by atoms with van der Waals surface area (Å²) in [6.07, 6.45) is -4.97. The molecular formula is C26H25F3O7. The van der Waals surface area contributed by atoms with Crippen molar-refractivity contribution in [2.24, 2.45) is 5.41 Å².